The van der Waals surface area contributed by atoms with Gasteiger partial charge >= 0.3 is 0 Å². The zero-order valence-corrected chi connectivity index (χ0v) is 9.51. The van der Waals surface area contributed by atoms with Crippen LogP contribution in [0.25, 0.3) is 5.70 Å². The highest BCUT2D eigenvalue weighted by atomic mass is 79.9. The Morgan fingerprint density at radius 1 is 1.50 bits per heavy atom. The molecule has 0 aliphatic rings. The van der Waals surface area contributed by atoms with Crippen molar-refractivity contribution in [1.29, 1.82) is 5.26 Å². The Kier molecular flexibility index (Phi) is 3.73. The van der Waals surface area contributed by atoms with E-state index in [2.05, 4.69) is 22.0 Å². The van der Waals surface area contributed by atoms with Gasteiger partial charge in [0.1, 0.15) is 0 Å². The van der Waals surface area contributed by atoms with Crippen LogP contribution in [0.2, 0.25) is 0 Å². The molecule has 0 spiro atoms. The number of rotatable bonds is 2. The third-order valence-electron chi connectivity index (χ3n) is 1.98. The van der Waals surface area contributed by atoms with E-state index in [1.807, 2.05) is 31.2 Å². The van der Waals surface area contributed by atoms with Crippen molar-refractivity contribution >= 4 is 21.6 Å². The third kappa shape index (κ3) is 2.15. The highest BCUT2D eigenvalue weighted by Gasteiger charge is 2.06. The third-order valence-corrected chi connectivity index (χ3v) is 2.67. The second-order valence-corrected chi connectivity index (χ2v) is 3.69. The summed E-state index contributed by atoms with van der Waals surface area (Å²) >= 11 is 3.40. The Balaban J connectivity index is 3.25. The molecule has 14 heavy (non-hydrogen) atoms. The maximum atomic E-state index is 8.85. The second-order valence-electron chi connectivity index (χ2n) is 2.84. The largest absolute Gasteiger partial charge is 0.397 e. The Labute approximate surface area is 92.2 Å². The Bertz CT molecular complexity index is 402. The smallest absolute Gasteiger partial charge is 0.0968 e. The lowest BCUT2D eigenvalue weighted by molar-refractivity contribution is 1.14. The second kappa shape index (κ2) is 4.83. The minimum atomic E-state index is 0.558. The van der Waals surface area contributed by atoms with Crippen molar-refractivity contribution in [3.63, 3.8) is 0 Å². The molecule has 0 atom stereocenters. The van der Waals surface area contributed by atoms with E-state index >= 15 is 0 Å². The van der Waals surface area contributed by atoms with Crippen LogP contribution in [0.1, 0.15) is 18.9 Å². The van der Waals surface area contributed by atoms with Crippen LogP contribution in [0.15, 0.2) is 34.3 Å². The molecular weight excluding hydrogens is 240 g/mol. The van der Waals surface area contributed by atoms with E-state index in [0.29, 0.717) is 17.7 Å². The predicted octanol–water partition coefficient (Wildman–Crippen LogP) is 3.05. The number of allylic oxidation sites excluding steroid dienone is 1. The number of halogens is 1. The number of benzene rings is 1. The van der Waals surface area contributed by atoms with Crippen molar-refractivity contribution in [2.75, 3.05) is 0 Å². The summed E-state index contributed by atoms with van der Waals surface area (Å²) in [5.74, 6) is 0. The molecule has 0 saturated carbocycles. The highest BCUT2D eigenvalue weighted by molar-refractivity contribution is 9.10. The summed E-state index contributed by atoms with van der Waals surface area (Å²) in [5.41, 5.74) is 7.95. The summed E-state index contributed by atoms with van der Waals surface area (Å²) in [6.07, 6.45) is 0.656. The maximum Gasteiger partial charge on any atom is 0.0968 e. The normalized spacial score (nSPS) is 11.8. The van der Waals surface area contributed by atoms with Gasteiger partial charge in [0.05, 0.1) is 17.3 Å². The maximum absolute atomic E-state index is 8.85. The predicted molar refractivity (Wildman–Crippen MR) is 61.2 cm³/mol. The summed E-state index contributed by atoms with van der Waals surface area (Å²) in [6, 6.07) is 9.73. The molecule has 0 radical (unpaired) electrons. The monoisotopic (exact) mass is 250 g/mol. The minimum absolute atomic E-state index is 0.558. The van der Waals surface area contributed by atoms with Gasteiger partial charge in [-0.15, -0.1) is 0 Å². The fourth-order valence-corrected chi connectivity index (χ4v) is 1.67. The quantitative estimate of drug-likeness (QED) is 0.821. The molecule has 1 aromatic rings. The van der Waals surface area contributed by atoms with Gasteiger partial charge in [0, 0.05) is 10.0 Å². The SMILES string of the molecule is CC/C(C#N)=C(/N)c1ccccc1Br. The average molecular weight is 251 g/mol. The number of nitrogens with zero attached hydrogens (tertiary/aromatic N) is 1. The van der Waals surface area contributed by atoms with Gasteiger partial charge in [-0.1, -0.05) is 41.1 Å². The van der Waals surface area contributed by atoms with Gasteiger partial charge in [-0.2, -0.15) is 5.26 Å². The molecule has 0 aliphatic heterocycles. The number of hydrogen-bond acceptors (Lipinski definition) is 2. The first kappa shape index (κ1) is 10.8. The topological polar surface area (TPSA) is 49.8 Å². The molecule has 72 valence electrons. The molecule has 3 heteroatoms. The standard InChI is InChI=1S/C11H11BrN2/c1-2-8(7-13)11(14)9-5-3-4-6-10(9)12/h3-6H,2,14H2,1H3/b11-8-. The Hall–Kier alpha value is -1.27. The molecule has 1 rings (SSSR count). The molecular formula is C11H11BrN2. The van der Waals surface area contributed by atoms with Crippen molar-refractivity contribution in [2.45, 2.75) is 13.3 Å². The fraction of sp³-hybridized carbons (Fsp3) is 0.182. The fourth-order valence-electron chi connectivity index (χ4n) is 1.17. The number of nitriles is 1. The lowest BCUT2D eigenvalue weighted by Gasteiger charge is -2.06. The molecule has 1 aromatic carbocycles. The summed E-state index contributed by atoms with van der Waals surface area (Å²) in [7, 11) is 0. The van der Waals surface area contributed by atoms with Crippen LogP contribution in [0.3, 0.4) is 0 Å². The molecule has 0 fully saturated rings. The van der Waals surface area contributed by atoms with Crippen LogP contribution < -0.4 is 5.73 Å². The molecule has 0 aliphatic carbocycles. The summed E-state index contributed by atoms with van der Waals surface area (Å²) in [4.78, 5) is 0. The van der Waals surface area contributed by atoms with E-state index in [9.17, 15) is 0 Å². The molecule has 0 amide bonds. The van der Waals surface area contributed by atoms with Gasteiger partial charge in [-0.3, -0.25) is 0 Å². The van der Waals surface area contributed by atoms with Gasteiger partial charge in [0.15, 0.2) is 0 Å². The first-order valence-corrected chi connectivity index (χ1v) is 5.13. The van der Waals surface area contributed by atoms with Crippen molar-refractivity contribution in [3.8, 4) is 6.07 Å². The van der Waals surface area contributed by atoms with E-state index in [1.165, 1.54) is 0 Å². The van der Waals surface area contributed by atoms with Crippen molar-refractivity contribution in [1.82, 2.24) is 0 Å². The van der Waals surface area contributed by atoms with Crippen molar-refractivity contribution in [3.05, 3.63) is 39.9 Å². The molecule has 0 unspecified atom stereocenters. The summed E-state index contributed by atoms with van der Waals surface area (Å²) in [6.45, 7) is 1.92. The first-order valence-electron chi connectivity index (χ1n) is 4.34. The van der Waals surface area contributed by atoms with Crippen LogP contribution in [0.5, 0.6) is 0 Å². The van der Waals surface area contributed by atoms with Crippen LogP contribution in [0.4, 0.5) is 0 Å². The van der Waals surface area contributed by atoms with E-state index < -0.39 is 0 Å². The number of nitrogens with two attached hydrogens (primary N) is 1. The van der Waals surface area contributed by atoms with Crippen LogP contribution in [0, 0.1) is 11.3 Å². The lowest BCUT2D eigenvalue weighted by Crippen LogP contribution is -2.01. The molecule has 0 bridgehead atoms. The summed E-state index contributed by atoms with van der Waals surface area (Å²) in [5, 5.41) is 8.85. The molecule has 2 N–H and O–H groups in total. The molecule has 2 nitrogen and oxygen atoms in total. The average Bonchev–Trinajstić information content (AvgIpc) is 2.20. The summed E-state index contributed by atoms with van der Waals surface area (Å²) < 4.78 is 0.915. The Morgan fingerprint density at radius 2 is 2.14 bits per heavy atom. The van der Waals surface area contributed by atoms with Crippen molar-refractivity contribution < 1.29 is 0 Å². The van der Waals surface area contributed by atoms with Crippen LogP contribution >= 0.6 is 15.9 Å². The molecule has 0 heterocycles. The van der Waals surface area contributed by atoms with Gasteiger partial charge < -0.3 is 5.73 Å². The van der Waals surface area contributed by atoms with E-state index in [0.717, 1.165) is 10.0 Å². The van der Waals surface area contributed by atoms with Crippen molar-refractivity contribution in [2.24, 2.45) is 5.73 Å². The van der Waals surface area contributed by atoms with E-state index in [1.54, 1.807) is 0 Å². The van der Waals surface area contributed by atoms with Gasteiger partial charge in [-0.05, 0) is 12.5 Å². The van der Waals surface area contributed by atoms with E-state index in [4.69, 9.17) is 11.0 Å². The van der Waals surface area contributed by atoms with Gasteiger partial charge in [0.2, 0.25) is 0 Å². The first-order chi connectivity index (χ1) is 6.70. The van der Waals surface area contributed by atoms with Crippen LogP contribution in [-0.2, 0) is 0 Å². The molecule has 0 saturated heterocycles. The minimum Gasteiger partial charge on any atom is -0.397 e. The van der Waals surface area contributed by atoms with Crippen LogP contribution in [-0.4, -0.2) is 0 Å². The van der Waals surface area contributed by atoms with Gasteiger partial charge in [-0.25, -0.2) is 0 Å². The Morgan fingerprint density at radius 3 is 2.64 bits per heavy atom. The van der Waals surface area contributed by atoms with Gasteiger partial charge in [0.25, 0.3) is 0 Å². The lowest BCUT2D eigenvalue weighted by atomic mass is 10.1. The molecule has 0 aromatic heterocycles. The zero-order valence-electron chi connectivity index (χ0n) is 7.92. The van der Waals surface area contributed by atoms with E-state index in [-0.39, 0.29) is 0 Å². The zero-order chi connectivity index (χ0) is 10.6. The number of hydrogen-bond donors (Lipinski definition) is 1. The highest BCUT2D eigenvalue weighted by Crippen LogP contribution is 2.23.